The molecule has 0 spiro atoms. The van der Waals surface area contributed by atoms with E-state index in [2.05, 4.69) is 166 Å². The summed E-state index contributed by atoms with van der Waals surface area (Å²) < 4.78 is 65.8. The minimum Gasteiger partial charge on any atom is -0.378 e. The Labute approximate surface area is 603 Å². The van der Waals surface area contributed by atoms with Crippen molar-refractivity contribution in [3.63, 3.8) is 0 Å². The number of piperidine rings is 1. The molecule has 1 fully saturated rings. The highest BCUT2D eigenvalue weighted by atomic mass is 19.4. The number of hydrogen-bond acceptors (Lipinski definition) is 13. The smallest absolute Gasteiger partial charge is 0.378 e. The lowest BCUT2D eigenvalue weighted by atomic mass is 9.99. The molecule has 0 saturated carbocycles. The monoisotopic (exact) mass is 1390 g/mol. The molecule has 16 aromatic rings. The fourth-order valence-electron chi connectivity index (χ4n) is 13.4. The summed E-state index contributed by atoms with van der Waals surface area (Å²) in [5.74, 6) is 19.4. The van der Waals surface area contributed by atoms with Crippen LogP contribution in [0.5, 0.6) is 0 Å². The van der Waals surface area contributed by atoms with Crippen molar-refractivity contribution >= 4 is 55.5 Å². The normalized spacial score (nSPS) is 12.4. The van der Waals surface area contributed by atoms with Crippen LogP contribution >= 0.6 is 0 Å². The summed E-state index contributed by atoms with van der Waals surface area (Å²) in [6.45, 7) is 13.5. The number of aromatic nitrogens is 12. The summed E-state index contributed by atoms with van der Waals surface area (Å²) in [6, 6.07) is 41.2. The van der Waals surface area contributed by atoms with E-state index in [1.165, 1.54) is 54.6 Å². The van der Waals surface area contributed by atoms with Gasteiger partial charge in [0.25, 0.3) is 0 Å². The van der Waals surface area contributed by atoms with E-state index in [9.17, 15) is 13.2 Å². The Balaban J connectivity index is 0.000000127. The lowest BCUT2D eigenvalue weighted by molar-refractivity contribution is -0.137. The van der Waals surface area contributed by atoms with E-state index in [4.69, 9.17) is 13.6 Å². The predicted molar refractivity (Wildman–Crippen MR) is 400 cm³/mol. The van der Waals surface area contributed by atoms with Crippen molar-refractivity contribution in [1.29, 1.82) is 0 Å². The molecule has 0 unspecified atom stereocenters. The zero-order valence-electron chi connectivity index (χ0n) is 59.0. The average Bonchev–Trinajstić information content (AvgIpc) is 1.70. The van der Waals surface area contributed by atoms with E-state index in [0.29, 0.717) is 51.2 Å². The highest BCUT2D eigenvalue weighted by Gasteiger charge is 2.32. The summed E-state index contributed by atoms with van der Waals surface area (Å²) in [5, 5.41) is 20.1. The average molecular weight is 1390 g/mol. The van der Waals surface area contributed by atoms with Crippen molar-refractivity contribution in [2.24, 2.45) is 0 Å². The quantitative estimate of drug-likeness (QED) is 0.119. The molecule has 6 aromatic carbocycles. The zero-order valence-corrected chi connectivity index (χ0v) is 59.0. The van der Waals surface area contributed by atoms with Crippen molar-refractivity contribution in [1.82, 2.24) is 63.3 Å². The minimum atomic E-state index is -4.48. The molecule has 0 amide bonds. The number of alkyl halides is 3. The maximum Gasteiger partial charge on any atom is 0.416 e. The molecule has 0 atom stereocenters. The number of likely N-dealkylation sites (tertiary alicyclic amines) is 1. The number of fused-ring (bicyclic) bond motifs is 6. The second-order valence-corrected chi connectivity index (χ2v) is 26.7. The van der Waals surface area contributed by atoms with E-state index in [1.807, 2.05) is 105 Å². The van der Waals surface area contributed by atoms with Gasteiger partial charge in [0.1, 0.15) is 17.0 Å². The first-order chi connectivity index (χ1) is 51.0. The molecule has 0 aliphatic carbocycles. The van der Waals surface area contributed by atoms with E-state index in [0.717, 1.165) is 120 Å². The van der Waals surface area contributed by atoms with E-state index in [1.54, 1.807) is 64.7 Å². The number of pyridine rings is 1. The Morgan fingerprint density at radius 3 is 1.73 bits per heavy atom. The third-order valence-corrected chi connectivity index (χ3v) is 18.8. The number of aryl methyl sites for hydroxylation is 5. The van der Waals surface area contributed by atoms with Crippen LogP contribution in [0.15, 0.2) is 209 Å². The summed E-state index contributed by atoms with van der Waals surface area (Å²) in [6.07, 6.45) is 20.5. The molecule has 10 aromatic heterocycles. The summed E-state index contributed by atoms with van der Waals surface area (Å²) >= 11 is 0. The van der Waals surface area contributed by atoms with Crippen LogP contribution in [-0.2, 0) is 32.0 Å². The molecule has 11 heterocycles. The molecule has 105 heavy (non-hydrogen) atoms. The number of imidazole rings is 2. The Hall–Kier alpha value is -12.8. The van der Waals surface area contributed by atoms with Gasteiger partial charge in [0, 0.05) is 111 Å². The standard InChI is InChI=1S/C31H30N4O.C29H20F3N5O.C25H21N5O/c1-22-16-24(18-25(17-22)21-34-13-5-3-6-14-34)19-29-28-11-9-23(2)27(31(28)36-33-29)12-10-26-20-32-30-8-4-7-15-35(26)30;1-18-7-9-36(17-18)23-12-20(11-21(14-23)29(30,31)32)13-26-25-5-3-19(2)24(28(25)38-35-26)6-4-22-15-34-27-16-33-8-10-37(22)27;1-17-8-10-22-23(15-18-6-4-7-20(14-18)29(2)3)28-31-24(22)21(17)11-9-19-16-27-30-13-5-12-26-25(19)30/h4,7-9,11,15-18,20H,3,5-6,13-14,19,21H2,1-2H3;3,5,7-12,14-17H,13H2,1-2H3;4-8,10,12-14,16H,15H2,1-3H3. The molecule has 0 radical (unpaired) electrons. The molecule has 0 N–H and O–H groups in total. The largest absolute Gasteiger partial charge is 0.416 e. The first kappa shape index (κ1) is 68.0. The molecule has 1 saturated heterocycles. The van der Waals surface area contributed by atoms with Gasteiger partial charge in [-0.1, -0.05) is 106 Å². The number of halogens is 3. The molecule has 1 aliphatic rings. The Bertz CT molecular complexity index is 6140. The predicted octanol–water partition coefficient (Wildman–Crippen LogP) is 16.6. The number of rotatable bonds is 10. The molecular formula is C85H71F3N14O3. The van der Waals surface area contributed by atoms with Crippen LogP contribution in [0.25, 0.3) is 55.5 Å². The molecule has 1 aliphatic heterocycles. The maximum absolute atomic E-state index is 13.7. The van der Waals surface area contributed by atoms with Crippen LogP contribution < -0.4 is 4.90 Å². The van der Waals surface area contributed by atoms with Crippen LogP contribution in [-0.4, -0.2) is 90.5 Å². The second-order valence-electron chi connectivity index (χ2n) is 26.7. The topological polar surface area (TPSA) is 167 Å². The van der Waals surface area contributed by atoms with Gasteiger partial charge in [0.2, 0.25) is 0 Å². The summed E-state index contributed by atoms with van der Waals surface area (Å²) in [5.41, 5.74) is 21.8. The number of anilines is 1. The van der Waals surface area contributed by atoms with Gasteiger partial charge < -0.3 is 23.0 Å². The van der Waals surface area contributed by atoms with Crippen LogP contribution in [0.2, 0.25) is 0 Å². The summed E-state index contributed by atoms with van der Waals surface area (Å²) in [4.78, 5) is 21.8. The highest BCUT2D eigenvalue weighted by Crippen LogP contribution is 2.35. The lowest BCUT2D eigenvalue weighted by Crippen LogP contribution is -2.29. The van der Waals surface area contributed by atoms with Gasteiger partial charge in [0.05, 0.1) is 69.7 Å². The highest BCUT2D eigenvalue weighted by molar-refractivity contribution is 5.89. The van der Waals surface area contributed by atoms with Gasteiger partial charge in [-0.3, -0.25) is 18.7 Å². The van der Waals surface area contributed by atoms with Crippen molar-refractivity contribution in [3.05, 3.63) is 302 Å². The first-order valence-corrected chi connectivity index (χ1v) is 34.6. The minimum absolute atomic E-state index is 0.167. The first-order valence-electron chi connectivity index (χ1n) is 34.6. The van der Waals surface area contributed by atoms with Gasteiger partial charge >= 0.3 is 6.18 Å². The molecule has 17 nitrogen and oxygen atoms in total. The SMILES string of the molecule is Cc1cc(Cc2noc3c(C#Cc4cnc5ccccn45)c(C)ccc23)cc(CN2CCCCC2)c1.Cc1ccc2c(Cc3cccc(N(C)C)c3)noc2c1C#Cc1cnn2cccnc12.Cc1ccn(-c2cc(Cc3noc4c(C#Cc5cnc6cnccn56)c(C)ccc34)cc(C(F)(F)F)c2)c1. The van der Waals surface area contributed by atoms with Gasteiger partial charge in [-0.15, -0.1) is 0 Å². The Morgan fingerprint density at radius 2 is 1.10 bits per heavy atom. The fourth-order valence-corrected chi connectivity index (χ4v) is 13.4. The van der Waals surface area contributed by atoms with Crippen molar-refractivity contribution in [2.75, 3.05) is 32.1 Å². The van der Waals surface area contributed by atoms with E-state index >= 15 is 0 Å². The number of hydrogen-bond donors (Lipinski definition) is 0. The third kappa shape index (κ3) is 14.8. The van der Waals surface area contributed by atoms with Gasteiger partial charge in [0.15, 0.2) is 28.0 Å². The maximum atomic E-state index is 13.7. The van der Waals surface area contributed by atoms with Crippen molar-refractivity contribution < 1.29 is 26.7 Å². The molecule has 520 valence electrons. The van der Waals surface area contributed by atoms with Crippen molar-refractivity contribution in [2.45, 2.75) is 85.9 Å². The molecule has 20 heteroatoms. The van der Waals surface area contributed by atoms with Crippen LogP contribution in [0, 0.1) is 70.1 Å². The Kier molecular flexibility index (Phi) is 18.9. The number of benzene rings is 6. The van der Waals surface area contributed by atoms with Crippen LogP contribution in [0.4, 0.5) is 18.9 Å². The van der Waals surface area contributed by atoms with Crippen LogP contribution in [0.1, 0.15) is 126 Å². The summed E-state index contributed by atoms with van der Waals surface area (Å²) in [7, 11) is 4.08. The number of nitrogens with zero attached hydrogens (tertiary/aromatic N) is 14. The van der Waals surface area contributed by atoms with Crippen molar-refractivity contribution in [3.8, 4) is 41.2 Å². The van der Waals surface area contributed by atoms with Gasteiger partial charge in [-0.25, -0.2) is 19.5 Å². The van der Waals surface area contributed by atoms with E-state index in [-0.39, 0.29) is 6.42 Å². The van der Waals surface area contributed by atoms with Gasteiger partial charge in [-0.05, 0) is 190 Å². The lowest BCUT2D eigenvalue weighted by Gasteiger charge is -2.26. The molecular weight excluding hydrogens is 1320 g/mol. The fraction of sp³-hybridized carbons (Fsp3) is 0.200. The van der Waals surface area contributed by atoms with E-state index < -0.39 is 11.7 Å². The van der Waals surface area contributed by atoms with Gasteiger partial charge in [-0.2, -0.15) is 18.3 Å². The second kappa shape index (κ2) is 29.3. The molecule has 0 bridgehead atoms. The third-order valence-electron chi connectivity index (χ3n) is 18.8. The molecule has 17 rings (SSSR count). The Morgan fingerprint density at radius 1 is 0.495 bits per heavy atom. The van der Waals surface area contributed by atoms with Crippen LogP contribution in [0.3, 0.4) is 0 Å². The zero-order chi connectivity index (χ0) is 72.3.